The lowest BCUT2D eigenvalue weighted by atomic mass is 10.1. The van der Waals surface area contributed by atoms with Crippen LogP contribution in [0.25, 0.3) is 0 Å². The number of carbonyl (C=O) groups is 1. The minimum Gasteiger partial charge on any atom is -0.454 e. The van der Waals surface area contributed by atoms with Gasteiger partial charge >= 0.3 is 5.97 Å². The predicted octanol–water partition coefficient (Wildman–Crippen LogP) is 1.21. The van der Waals surface area contributed by atoms with Gasteiger partial charge in [-0.15, -0.1) is 0 Å². The van der Waals surface area contributed by atoms with Crippen LogP contribution in [-0.4, -0.2) is 16.1 Å². The van der Waals surface area contributed by atoms with Crippen LogP contribution in [-0.2, 0) is 24.2 Å². The van der Waals surface area contributed by atoms with E-state index in [-0.39, 0.29) is 12.2 Å². The Balaban J connectivity index is 1.78. The summed E-state index contributed by atoms with van der Waals surface area (Å²) in [6.07, 6.45) is 4.21. The first-order valence-electron chi connectivity index (χ1n) is 6.06. The van der Waals surface area contributed by atoms with Crippen molar-refractivity contribution < 1.29 is 14.1 Å². The molecule has 0 bridgehead atoms. The average Bonchev–Trinajstić information content (AvgIpc) is 3.05. The molecule has 0 fully saturated rings. The molecule has 2 heterocycles. The molecule has 1 aliphatic rings. The second kappa shape index (κ2) is 4.72. The van der Waals surface area contributed by atoms with E-state index in [2.05, 4.69) is 10.1 Å². The lowest BCUT2D eigenvalue weighted by Crippen LogP contribution is -2.21. The van der Waals surface area contributed by atoms with Gasteiger partial charge in [-0.1, -0.05) is 5.16 Å². The zero-order chi connectivity index (χ0) is 13.2. The number of aromatic nitrogens is 2. The number of carbonyl (C=O) groups excluding carboxylic acids is 1. The van der Waals surface area contributed by atoms with E-state index in [1.54, 1.807) is 12.1 Å². The van der Waals surface area contributed by atoms with Gasteiger partial charge in [0.1, 0.15) is 5.56 Å². The highest BCUT2D eigenvalue weighted by Gasteiger charge is 2.19. The van der Waals surface area contributed by atoms with Gasteiger partial charge in [-0.25, -0.2) is 4.79 Å². The van der Waals surface area contributed by atoms with E-state index in [1.165, 1.54) is 6.20 Å². The summed E-state index contributed by atoms with van der Waals surface area (Å²) >= 11 is 0. The summed E-state index contributed by atoms with van der Waals surface area (Å²) in [5, 5.41) is 3.50. The quantitative estimate of drug-likeness (QED) is 0.838. The molecule has 0 unspecified atom stereocenters. The van der Waals surface area contributed by atoms with Crippen molar-refractivity contribution in [3.8, 4) is 0 Å². The number of hydrogen-bond acceptors (Lipinski definition) is 5. The third-order valence-corrected chi connectivity index (χ3v) is 3.14. The molecular weight excluding hydrogens is 248 g/mol. The van der Waals surface area contributed by atoms with E-state index in [0.29, 0.717) is 5.76 Å². The largest absolute Gasteiger partial charge is 0.454 e. The van der Waals surface area contributed by atoms with Gasteiger partial charge in [-0.05, 0) is 30.9 Å². The van der Waals surface area contributed by atoms with Crippen molar-refractivity contribution in [2.45, 2.75) is 25.9 Å². The van der Waals surface area contributed by atoms with Crippen molar-refractivity contribution in [1.82, 2.24) is 10.1 Å². The van der Waals surface area contributed by atoms with Gasteiger partial charge in [0.15, 0.2) is 12.4 Å². The summed E-state index contributed by atoms with van der Waals surface area (Å²) in [5.74, 6) is -0.210. The molecule has 0 spiro atoms. The number of fused-ring (bicyclic) bond motifs is 1. The number of pyridine rings is 1. The number of aryl methyl sites for hydroxylation is 2. The molecule has 6 nitrogen and oxygen atoms in total. The SMILES string of the molecule is O=C(OCc1ccno1)c1cc2c([nH]c1=O)CCC2. The molecular formula is C13H12N2O4. The Bertz CT molecular complexity index is 658. The fourth-order valence-electron chi connectivity index (χ4n) is 2.20. The molecule has 0 aromatic carbocycles. The first kappa shape index (κ1) is 11.7. The fourth-order valence-corrected chi connectivity index (χ4v) is 2.20. The second-order valence-corrected chi connectivity index (χ2v) is 4.42. The first-order chi connectivity index (χ1) is 9.24. The van der Waals surface area contributed by atoms with Crippen molar-refractivity contribution in [3.05, 3.63) is 51.3 Å². The molecule has 0 amide bonds. The Hall–Kier alpha value is -2.37. The first-order valence-corrected chi connectivity index (χ1v) is 6.06. The Kier molecular flexibility index (Phi) is 2.91. The number of nitrogens with zero attached hydrogens (tertiary/aromatic N) is 1. The van der Waals surface area contributed by atoms with Crippen LogP contribution in [0.15, 0.2) is 27.6 Å². The second-order valence-electron chi connectivity index (χ2n) is 4.42. The highest BCUT2D eigenvalue weighted by molar-refractivity contribution is 5.89. The molecule has 3 rings (SSSR count). The van der Waals surface area contributed by atoms with Crippen molar-refractivity contribution in [2.24, 2.45) is 0 Å². The van der Waals surface area contributed by atoms with Gasteiger partial charge in [-0.2, -0.15) is 0 Å². The zero-order valence-corrected chi connectivity index (χ0v) is 10.1. The number of nitrogens with one attached hydrogen (secondary N) is 1. The number of aromatic amines is 1. The topological polar surface area (TPSA) is 85.2 Å². The van der Waals surface area contributed by atoms with E-state index >= 15 is 0 Å². The van der Waals surface area contributed by atoms with Crippen molar-refractivity contribution >= 4 is 5.97 Å². The van der Waals surface area contributed by atoms with Crippen LogP contribution < -0.4 is 5.56 Å². The van der Waals surface area contributed by atoms with E-state index in [4.69, 9.17) is 9.26 Å². The molecule has 0 atom stereocenters. The molecule has 0 saturated carbocycles. The maximum absolute atomic E-state index is 11.9. The lowest BCUT2D eigenvalue weighted by molar-refractivity contribution is 0.0435. The van der Waals surface area contributed by atoms with Crippen LogP contribution in [0.3, 0.4) is 0 Å². The normalized spacial score (nSPS) is 13.3. The maximum atomic E-state index is 11.9. The van der Waals surface area contributed by atoms with E-state index in [9.17, 15) is 9.59 Å². The van der Waals surface area contributed by atoms with E-state index < -0.39 is 11.5 Å². The highest BCUT2D eigenvalue weighted by atomic mass is 16.5. The Morgan fingerprint density at radius 2 is 2.37 bits per heavy atom. The van der Waals surface area contributed by atoms with Crippen LogP contribution in [0, 0.1) is 0 Å². The molecule has 19 heavy (non-hydrogen) atoms. The summed E-state index contributed by atoms with van der Waals surface area (Å²) in [5.41, 5.74) is 1.59. The van der Waals surface area contributed by atoms with Gasteiger partial charge in [0.05, 0.1) is 6.20 Å². The molecule has 1 N–H and O–H groups in total. The van der Waals surface area contributed by atoms with Crippen molar-refractivity contribution in [3.63, 3.8) is 0 Å². The van der Waals surface area contributed by atoms with Crippen LogP contribution in [0.4, 0.5) is 0 Å². The van der Waals surface area contributed by atoms with Gasteiger partial charge < -0.3 is 14.2 Å². The number of ether oxygens (including phenoxy) is 1. The van der Waals surface area contributed by atoms with Gasteiger partial charge in [0, 0.05) is 11.8 Å². The van der Waals surface area contributed by atoms with Crippen molar-refractivity contribution in [2.75, 3.05) is 0 Å². The minimum atomic E-state index is -0.646. The van der Waals surface area contributed by atoms with E-state index in [0.717, 1.165) is 30.5 Å². The summed E-state index contributed by atoms with van der Waals surface area (Å²) in [6, 6.07) is 3.23. The van der Waals surface area contributed by atoms with E-state index in [1.807, 2.05) is 0 Å². The molecule has 0 saturated heterocycles. The molecule has 98 valence electrons. The lowest BCUT2D eigenvalue weighted by Gasteiger charge is -2.04. The molecule has 0 radical (unpaired) electrons. The number of esters is 1. The van der Waals surface area contributed by atoms with Crippen LogP contribution in [0.5, 0.6) is 0 Å². The van der Waals surface area contributed by atoms with Crippen LogP contribution in [0.1, 0.15) is 33.8 Å². The monoisotopic (exact) mass is 260 g/mol. The average molecular weight is 260 g/mol. The van der Waals surface area contributed by atoms with Crippen LogP contribution in [0.2, 0.25) is 0 Å². The standard InChI is InChI=1S/C13H12N2O4/c16-12-10(6-8-2-1-3-11(8)15-12)13(17)18-7-9-4-5-14-19-9/h4-6H,1-3,7H2,(H,15,16). The summed E-state index contributed by atoms with van der Waals surface area (Å²) in [6.45, 7) is -0.0324. The Labute approximate surface area is 108 Å². The number of H-pyrrole nitrogens is 1. The van der Waals surface area contributed by atoms with Gasteiger partial charge in [-0.3, -0.25) is 4.79 Å². The number of hydrogen-bond donors (Lipinski definition) is 1. The third kappa shape index (κ3) is 2.29. The Morgan fingerprint density at radius 1 is 1.47 bits per heavy atom. The maximum Gasteiger partial charge on any atom is 0.344 e. The van der Waals surface area contributed by atoms with Crippen LogP contribution >= 0.6 is 0 Å². The Morgan fingerprint density at radius 3 is 3.16 bits per heavy atom. The highest BCUT2D eigenvalue weighted by Crippen LogP contribution is 2.19. The van der Waals surface area contributed by atoms with Gasteiger partial charge in [0.25, 0.3) is 5.56 Å². The molecule has 1 aliphatic carbocycles. The zero-order valence-electron chi connectivity index (χ0n) is 10.1. The number of rotatable bonds is 3. The minimum absolute atomic E-state index is 0.0324. The fraction of sp³-hybridized carbons (Fsp3) is 0.308. The predicted molar refractivity (Wildman–Crippen MR) is 64.7 cm³/mol. The summed E-state index contributed by atoms with van der Waals surface area (Å²) in [7, 11) is 0. The molecule has 2 aromatic heterocycles. The summed E-state index contributed by atoms with van der Waals surface area (Å²) in [4.78, 5) is 26.4. The summed E-state index contributed by atoms with van der Waals surface area (Å²) < 4.78 is 9.83. The molecule has 6 heteroatoms. The smallest absolute Gasteiger partial charge is 0.344 e. The van der Waals surface area contributed by atoms with Crippen molar-refractivity contribution in [1.29, 1.82) is 0 Å². The molecule has 2 aromatic rings. The third-order valence-electron chi connectivity index (χ3n) is 3.14. The van der Waals surface area contributed by atoms with Gasteiger partial charge in [0.2, 0.25) is 0 Å². The molecule has 0 aliphatic heterocycles.